The summed E-state index contributed by atoms with van der Waals surface area (Å²) in [5, 5.41) is 4.17. The first-order chi connectivity index (χ1) is 13.9. The third kappa shape index (κ3) is 4.11. The molecule has 29 heavy (non-hydrogen) atoms. The number of anilines is 1. The highest BCUT2D eigenvalue weighted by atomic mass is 35.5. The molecule has 1 fully saturated rings. The zero-order valence-electron chi connectivity index (χ0n) is 15.3. The molecule has 7 nitrogen and oxygen atoms in total. The number of morpholine rings is 1. The van der Waals surface area contributed by atoms with Crippen LogP contribution in [0.2, 0.25) is 5.02 Å². The molecular formula is C20H18ClN3O4S. The second-order valence-electron chi connectivity index (χ2n) is 6.51. The van der Waals surface area contributed by atoms with Crippen molar-refractivity contribution in [3.05, 3.63) is 65.3 Å². The lowest BCUT2D eigenvalue weighted by molar-refractivity contribution is 0.0730. The summed E-state index contributed by atoms with van der Waals surface area (Å²) in [5.41, 5.74) is 1.62. The molecule has 1 aliphatic heterocycles. The maximum absolute atomic E-state index is 12.7. The van der Waals surface area contributed by atoms with Crippen LogP contribution in [-0.4, -0.2) is 49.9 Å². The van der Waals surface area contributed by atoms with Crippen molar-refractivity contribution < 1.29 is 17.9 Å². The van der Waals surface area contributed by atoms with Crippen LogP contribution in [0.4, 0.5) is 5.69 Å². The van der Waals surface area contributed by atoms with Gasteiger partial charge in [-0.3, -0.25) is 9.78 Å². The smallest absolute Gasteiger partial charge is 0.255 e. The minimum Gasteiger partial charge on any atom is -0.379 e. The van der Waals surface area contributed by atoms with E-state index in [1.165, 1.54) is 28.6 Å². The molecule has 0 radical (unpaired) electrons. The summed E-state index contributed by atoms with van der Waals surface area (Å²) < 4.78 is 32.0. The van der Waals surface area contributed by atoms with Crippen molar-refractivity contribution in [2.45, 2.75) is 4.90 Å². The minimum absolute atomic E-state index is 0.153. The third-order valence-electron chi connectivity index (χ3n) is 4.68. The van der Waals surface area contributed by atoms with E-state index in [9.17, 15) is 13.2 Å². The number of rotatable bonds is 4. The van der Waals surface area contributed by atoms with Gasteiger partial charge in [-0.1, -0.05) is 11.6 Å². The van der Waals surface area contributed by atoms with Crippen LogP contribution in [0, 0.1) is 0 Å². The molecule has 1 N–H and O–H groups in total. The lowest BCUT2D eigenvalue weighted by Gasteiger charge is -2.26. The van der Waals surface area contributed by atoms with Gasteiger partial charge in [0.2, 0.25) is 10.0 Å². The number of nitrogens with one attached hydrogen (secondary N) is 1. The molecule has 3 aromatic rings. The Hall–Kier alpha value is -2.52. The predicted molar refractivity (Wildman–Crippen MR) is 111 cm³/mol. The molecule has 0 unspecified atom stereocenters. The Morgan fingerprint density at radius 1 is 1.07 bits per heavy atom. The third-order valence-corrected chi connectivity index (χ3v) is 6.83. The first-order valence-electron chi connectivity index (χ1n) is 8.99. The average molecular weight is 432 g/mol. The number of hydrogen-bond acceptors (Lipinski definition) is 5. The van der Waals surface area contributed by atoms with E-state index in [4.69, 9.17) is 16.3 Å². The van der Waals surface area contributed by atoms with Gasteiger partial charge in [0.1, 0.15) is 0 Å². The van der Waals surface area contributed by atoms with Crippen molar-refractivity contribution in [1.82, 2.24) is 9.29 Å². The van der Waals surface area contributed by atoms with Crippen LogP contribution in [0.25, 0.3) is 10.9 Å². The van der Waals surface area contributed by atoms with Crippen molar-refractivity contribution in [2.75, 3.05) is 31.6 Å². The summed E-state index contributed by atoms with van der Waals surface area (Å²) in [4.78, 5) is 17.1. The lowest BCUT2D eigenvalue weighted by Crippen LogP contribution is -2.40. The summed E-state index contributed by atoms with van der Waals surface area (Å²) in [6.45, 7) is 1.41. The van der Waals surface area contributed by atoms with E-state index in [0.29, 0.717) is 48.1 Å². The van der Waals surface area contributed by atoms with Crippen LogP contribution in [0.5, 0.6) is 0 Å². The molecule has 1 aliphatic rings. The number of hydrogen-bond donors (Lipinski definition) is 1. The minimum atomic E-state index is -3.60. The number of fused-ring (bicyclic) bond motifs is 1. The summed E-state index contributed by atoms with van der Waals surface area (Å²) in [6.07, 6.45) is 1.59. The standard InChI is InChI=1S/C20H18ClN3O4S/c21-15-3-6-17-18(7-8-22-19(17)13-15)23-20(25)14-1-4-16(5-2-14)29(26,27)24-9-11-28-12-10-24/h1-8,13H,9-12H2,(H,22,23,25). The number of amides is 1. The van der Waals surface area contributed by atoms with Crippen LogP contribution in [0.3, 0.4) is 0 Å². The molecule has 0 saturated carbocycles. The molecule has 0 aliphatic carbocycles. The first kappa shape index (κ1) is 19.8. The Morgan fingerprint density at radius 2 is 1.79 bits per heavy atom. The fourth-order valence-electron chi connectivity index (χ4n) is 3.14. The molecule has 9 heteroatoms. The zero-order valence-corrected chi connectivity index (χ0v) is 16.9. The number of carbonyl (C=O) groups excluding carboxylic acids is 1. The number of benzene rings is 2. The van der Waals surface area contributed by atoms with Crippen molar-refractivity contribution in [3.63, 3.8) is 0 Å². The number of carbonyl (C=O) groups is 1. The number of aromatic nitrogens is 1. The Bertz CT molecular complexity index is 1160. The molecule has 2 heterocycles. The van der Waals surface area contributed by atoms with Crippen LogP contribution >= 0.6 is 11.6 Å². The molecular weight excluding hydrogens is 414 g/mol. The van der Waals surface area contributed by atoms with Crippen LogP contribution < -0.4 is 5.32 Å². The fourth-order valence-corrected chi connectivity index (χ4v) is 4.71. The highest BCUT2D eigenvalue weighted by Crippen LogP contribution is 2.25. The van der Waals surface area contributed by atoms with Gasteiger partial charge in [0, 0.05) is 35.3 Å². The fraction of sp³-hybridized carbons (Fsp3) is 0.200. The van der Waals surface area contributed by atoms with Crippen LogP contribution in [0.15, 0.2) is 59.6 Å². The van der Waals surface area contributed by atoms with E-state index in [2.05, 4.69) is 10.3 Å². The van der Waals surface area contributed by atoms with E-state index < -0.39 is 10.0 Å². The maximum Gasteiger partial charge on any atom is 0.255 e. The molecule has 2 aromatic carbocycles. The normalized spacial score (nSPS) is 15.3. The molecule has 0 bridgehead atoms. The zero-order chi connectivity index (χ0) is 20.4. The predicted octanol–water partition coefficient (Wildman–Crippen LogP) is 3.16. The first-order valence-corrected chi connectivity index (χ1v) is 10.8. The van der Waals surface area contributed by atoms with Crippen molar-refractivity contribution in [1.29, 1.82) is 0 Å². The van der Waals surface area contributed by atoms with Gasteiger partial charge in [0.05, 0.1) is 29.3 Å². The van der Waals surface area contributed by atoms with Crippen LogP contribution in [0.1, 0.15) is 10.4 Å². The Kier molecular flexibility index (Phi) is 5.51. The number of sulfonamides is 1. The molecule has 150 valence electrons. The van der Waals surface area contributed by atoms with Gasteiger partial charge in [0.15, 0.2) is 0 Å². The summed E-state index contributed by atoms with van der Waals surface area (Å²) in [7, 11) is -3.60. The van der Waals surface area contributed by atoms with Gasteiger partial charge < -0.3 is 10.1 Å². The van der Waals surface area contributed by atoms with Crippen molar-refractivity contribution in [2.24, 2.45) is 0 Å². The number of nitrogens with zero attached hydrogens (tertiary/aromatic N) is 2. The number of pyridine rings is 1. The van der Waals surface area contributed by atoms with Gasteiger partial charge in [-0.25, -0.2) is 8.42 Å². The highest BCUT2D eigenvalue weighted by Gasteiger charge is 2.26. The topological polar surface area (TPSA) is 88.6 Å². The molecule has 0 atom stereocenters. The summed E-state index contributed by atoms with van der Waals surface area (Å²) in [6, 6.07) is 12.8. The SMILES string of the molecule is O=C(Nc1ccnc2cc(Cl)ccc12)c1ccc(S(=O)(=O)N2CCOCC2)cc1. The molecule has 1 saturated heterocycles. The Morgan fingerprint density at radius 3 is 2.52 bits per heavy atom. The monoisotopic (exact) mass is 431 g/mol. The Labute approximate surface area is 173 Å². The van der Waals surface area contributed by atoms with E-state index >= 15 is 0 Å². The largest absolute Gasteiger partial charge is 0.379 e. The molecule has 1 aromatic heterocycles. The maximum atomic E-state index is 12.7. The molecule has 4 rings (SSSR count). The van der Waals surface area contributed by atoms with Gasteiger partial charge in [-0.2, -0.15) is 4.31 Å². The van der Waals surface area contributed by atoms with Crippen molar-refractivity contribution >= 4 is 44.1 Å². The average Bonchev–Trinajstić information content (AvgIpc) is 2.74. The molecule has 0 spiro atoms. The van der Waals surface area contributed by atoms with E-state index in [1.807, 2.05) is 0 Å². The second kappa shape index (κ2) is 8.08. The van der Waals surface area contributed by atoms with E-state index in [0.717, 1.165) is 5.39 Å². The Balaban J connectivity index is 1.54. The number of ether oxygens (including phenoxy) is 1. The summed E-state index contributed by atoms with van der Waals surface area (Å²) >= 11 is 5.99. The van der Waals surface area contributed by atoms with Gasteiger partial charge in [0.25, 0.3) is 5.91 Å². The van der Waals surface area contributed by atoms with E-state index in [-0.39, 0.29) is 10.8 Å². The van der Waals surface area contributed by atoms with Crippen LogP contribution in [-0.2, 0) is 14.8 Å². The van der Waals surface area contributed by atoms with Gasteiger partial charge in [-0.15, -0.1) is 0 Å². The summed E-state index contributed by atoms with van der Waals surface area (Å²) in [5.74, 6) is -0.345. The number of halogens is 1. The van der Waals surface area contributed by atoms with Crippen molar-refractivity contribution in [3.8, 4) is 0 Å². The quantitative estimate of drug-likeness (QED) is 0.685. The van der Waals surface area contributed by atoms with Gasteiger partial charge in [-0.05, 0) is 48.5 Å². The molecule has 1 amide bonds. The second-order valence-corrected chi connectivity index (χ2v) is 8.89. The lowest BCUT2D eigenvalue weighted by atomic mass is 10.1. The van der Waals surface area contributed by atoms with Gasteiger partial charge >= 0.3 is 0 Å². The highest BCUT2D eigenvalue weighted by molar-refractivity contribution is 7.89. The van der Waals surface area contributed by atoms with E-state index in [1.54, 1.807) is 30.5 Å².